The summed E-state index contributed by atoms with van der Waals surface area (Å²) >= 11 is 0. The van der Waals surface area contributed by atoms with Crippen molar-refractivity contribution in [3.8, 4) is 0 Å². The maximum Gasteiger partial charge on any atom is 0.160 e. The van der Waals surface area contributed by atoms with Gasteiger partial charge in [-0.15, -0.1) is 0 Å². The minimum atomic E-state index is -0.905. The molecule has 0 spiro atoms. The van der Waals surface area contributed by atoms with Crippen LogP contribution < -0.4 is 10.6 Å². The third kappa shape index (κ3) is 2.66. The average molecular weight is 236 g/mol. The second-order valence-corrected chi connectivity index (χ2v) is 3.29. The lowest BCUT2D eigenvalue weighted by atomic mass is 10.3. The summed E-state index contributed by atoms with van der Waals surface area (Å²) in [6.45, 7) is 0. The average Bonchev–Trinajstić information content (AvgIpc) is 2.34. The zero-order chi connectivity index (χ0) is 12.3. The Labute approximate surface area is 96.7 Å². The maximum absolute atomic E-state index is 13.0. The molecule has 1 heterocycles. The minimum Gasteiger partial charge on any atom is -0.373 e. The van der Waals surface area contributed by atoms with Crippen LogP contribution in [0.2, 0.25) is 0 Å². The fourth-order valence-corrected chi connectivity index (χ4v) is 1.28. The van der Waals surface area contributed by atoms with E-state index in [1.165, 1.54) is 12.4 Å². The van der Waals surface area contributed by atoms with E-state index in [2.05, 4.69) is 20.6 Å². The van der Waals surface area contributed by atoms with E-state index in [1.54, 1.807) is 13.1 Å². The Morgan fingerprint density at radius 3 is 2.47 bits per heavy atom. The van der Waals surface area contributed by atoms with Gasteiger partial charge in [-0.3, -0.25) is 0 Å². The zero-order valence-electron chi connectivity index (χ0n) is 9.04. The van der Waals surface area contributed by atoms with E-state index in [4.69, 9.17) is 0 Å². The number of anilines is 3. The number of benzene rings is 1. The van der Waals surface area contributed by atoms with Gasteiger partial charge in [-0.2, -0.15) is 0 Å². The summed E-state index contributed by atoms with van der Waals surface area (Å²) in [6.07, 6.45) is 1.37. The van der Waals surface area contributed by atoms with Crippen LogP contribution in [0.15, 0.2) is 30.6 Å². The molecule has 0 saturated carbocycles. The number of hydrogen-bond donors (Lipinski definition) is 2. The fourth-order valence-electron chi connectivity index (χ4n) is 1.28. The second kappa shape index (κ2) is 4.73. The SMILES string of the molecule is CNc1cc(Nc2ccc(F)c(F)c2)ncn1. The van der Waals surface area contributed by atoms with Crippen LogP contribution in [0.3, 0.4) is 0 Å². The number of nitrogens with one attached hydrogen (secondary N) is 2. The van der Waals surface area contributed by atoms with Crippen LogP contribution in [-0.2, 0) is 0 Å². The first-order valence-electron chi connectivity index (χ1n) is 4.91. The molecule has 0 unspecified atom stereocenters. The van der Waals surface area contributed by atoms with Crippen molar-refractivity contribution in [2.75, 3.05) is 17.7 Å². The third-order valence-electron chi connectivity index (χ3n) is 2.12. The standard InChI is InChI=1S/C11H10F2N4/c1-14-10-5-11(16-6-15-10)17-7-2-3-8(12)9(13)4-7/h2-6H,1H3,(H2,14,15,16,17). The summed E-state index contributed by atoms with van der Waals surface area (Å²) in [7, 11) is 1.73. The molecular formula is C11H10F2N4. The van der Waals surface area contributed by atoms with Crippen molar-refractivity contribution in [1.29, 1.82) is 0 Å². The summed E-state index contributed by atoms with van der Waals surface area (Å²) in [5, 5.41) is 5.70. The molecule has 0 fully saturated rings. The molecule has 0 amide bonds. The van der Waals surface area contributed by atoms with Crippen molar-refractivity contribution in [3.63, 3.8) is 0 Å². The molecule has 0 aliphatic carbocycles. The molecule has 0 saturated heterocycles. The van der Waals surface area contributed by atoms with Crippen LogP contribution in [-0.4, -0.2) is 17.0 Å². The molecule has 0 atom stereocenters. The van der Waals surface area contributed by atoms with Crippen molar-refractivity contribution in [1.82, 2.24) is 9.97 Å². The Kier molecular flexibility index (Phi) is 3.13. The number of aromatic nitrogens is 2. The van der Waals surface area contributed by atoms with Crippen molar-refractivity contribution < 1.29 is 8.78 Å². The minimum absolute atomic E-state index is 0.421. The van der Waals surface area contributed by atoms with E-state index >= 15 is 0 Å². The lowest BCUT2D eigenvalue weighted by molar-refractivity contribution is 0.509. The van der Waals surface area contributed by atoms with Gasteiger partial charge in [-0.25, -0.2) is 18.7 Å². The van der Waals surface area contributed by atoms with Gasteiger partial charge in [0, 0.05) is 24.9 Å². The lowest BCUT2D eigenvalue weighted by Gasteiger charge is -2.06. The Bertz CT molecular complexity index is 531. The van der Waals surface area contributed by atoms with Gasteiger partial charge in [0.05, 0.1) is 0 Å². The second-order valence-electron chi connectivity index (χ2n) is 3.29. The summed E-state index contributed by atoms with van der Waals surface area (Å²) in [6, 6.07) is 5.20. The summed E-state index contributed by atoms with van der Waals surface area (Å²) < 4.78 is 25.7. The smallest absolute Gasteiger partial charge is 0.160 e. The van der Waals surface area contributed by atoms with Crippen molar-refractivity contribution in [2.24, 2.45) is 0 Å². The topological polar surface area (TPSA) is 49.8 Å². The summed E-state index contributed by atoms with van der Waals surface area (Å²) in [4.78, 5) is 7.89. The van der Waals surface area contributed by atoms with Gasteiger partial charge in [-0.05, 0) is 12.1 Å². The van der Waals surface area contributed by atoms with E-state index < -0.39 is 11.6 Å². The van der Waals surface area contributed by atoms with Gasteiger partial charge >= 0.3 is 0 Å². The van der Waals surface area contributed by atoms with E-state index in [0.29, 0.717) is 17.3 Å². The molecule has 2 aromatic rings. The molecule has 0 aliphatic rings. The molecule has 17 heavy (non-hydrogen) atoms. The fraction of sp³-hybridized carbons (Fsp3) is 0.0909. The number of nitrogens with zero attached hydrogens (tertiary/aromatic N) is 2. The van der Waals surface area contributed by atoms with Crippen LogP contribution in [0.5, 0.6) is 0 Å². The number of halogens is 2. The molecule has 1 aromatic heterocycles. The van der Waals surface area contributed by atoms with E-state index in [-0.39, 0.29) is 0 Å². The quantitative estimate of drug-likeness (QED) is 0.859. The Morgan fingerprint density at radius 1 is 1.00 bits per heavy atom. The van der Waals surface area contributed by atoms with Gasteiger partial charge in [0.25, 0.3) is 0 Å². The number of hydrogen-bond acceptors (Lipinski definition) is 4. The molecule has 0 radical (unpaired) electrons. The first kappa shape index (κ1) is 11.3. The molecule has 4 nitrogen and oxygen atoms in total. The van der Waals surface area contributed by atoms with Crippen molar-refractivity contribution >= 4 is 17.3 Å². The molecule has 1 aromatic carbocycles. The molecule has 2 rings (SSSR count). The van der Waals surface area contributed by atoms with Gasteiger partial charge in [0.1, 0.15) is 18.0 Å². The van der Waals surface area contributed by atoms with Crippen LogP contribution >= 0.6 is 0 Å². The Morgan fingerprint density at radius 2 is 1.76 bits per heavy atom. The van der Waals surface area contributed by atoms with E-state index in [1.807, 2.05) is 0 Å². The highest BCUT2D eigenvalue weighted by Gasteiger charge is 2.03. The monoisotopic (exact) mass is 236 g/mol. The molecule has 6 heteroatoms. The predicted octanol–water partition coefficient (Wildman–Crippen LogP) is 2.54. The highest BCUT2D eigenvalue weighted by Crippen LogP contribution is 2.18. The molecule has 88 valence electrons. The van der Waals surface area contributed by atoms with Crippen LogP contribution in [0.1, 0.15) is 0 Å². The molecule has 0 aliphatic heterocycles. The summed E-state index contributed by atoms with van der Waals surface area (Å²) in [5.41, 5.74) is 0.421. The van der Waals surface area contributed by atoms with Crippen LogP contribution in [0, 0.1) is 11.6 Å². The largest absolute Gasteiger partial charge is 0.373 e. The highest BCUT2D eigenvalue weighted by molar-refractivity contribution is 5.58. The van der Waals surface area contributed by atoms with Crippen molar-refractivity contribution in [3.05, 3.63) is 42.2 Å². The van der Waals surface area contributed by atoms with Gasteiger partial charge in [0.2, 0.25) is 0 Å². The van der Waals surface area contributed by atoms with Gasteiger partial charge < -0.3 is 10.6 Å². The first-order chi connectivity index (χ1) is 8.19. The lowest BCUT2D eigenvalue weighted by Crippen LogP contribution is -1.98. The normalized spacial score (nSPS) is 10.1. The van der Waals surface area contributed by atoms with Gasteiger partial charge in [0.15, 0.2) is 11.6 Å². The van der Waals surface area contributed by atoms with E-state index in [0.717, 1.165) is 12.1 Å². The number of rotatable bonds is 3. The molecule has 2 N–H and O–H groups in total. The van der Waals surface area contributed by atoms with E-state index in [9.17, 15) is 8.78 Å². The van der Waals surface area contributed by atoms with Gasteiger partial charge in [-0.1, -0.05) is 0 Å². The zero-order valence-corrected chi connectivity index (χ0v) is 9.04. The van der Waals surface area contributed by atoms with Crippen LogP contribution in [0.4, 0.5) is 26.1 Å². The first-order valence-corrected chi connectivity index (χ1v) is 4.91. The van der Waals surface area contributed by atoms with Crippen molar-refractivity contribution in [2.45, 2.75) is 0 Å². The highest BCUT2D eigenvalue weighted by atomic mass is 19.2. The Balaban J connectivity index is 2.22. The molecular weight excluding hydrogens is 226 g/mol. The third-order valence-corrected chi connectivity index (χ3v) is 2.12. The maximum atomic E-state index is 13.0. The predicted molar refractivity (Wildman–Crippen MR) is 61.2 cm³/mol. The summed E-state index contributed by atoms with van der Waals surface area (Å²) in [5.74, 6) is -0.660. The Hall–Kier alpha value is -2.24. The molecule has 0 bridgehead atoms. The van der Waals surface area contributed by atoms with Crippen LogP contribution in [0.25, 0.3) is 0 Å².